The van der Waals surface area contributed by atoms with Crippen molar-refractivity contribution in [3.63, 3.8) is 0 Å². The Bertz CT molecular complexity index is 849. The van der Waals surface area contributed by atoms with Crippen molar-refractivity contribution in [3.05, 3.63) is 107 Å². The van der Waals surface area contributed by atoms with Crippen molar-refractivity contribution in [2.45, 2.75) is 64.7 Å². The molecule has 0 saturated heterocycles. The van der Waals surface area contributed by atoms with Crippen LogP contribution in [0.4, 0.5) is 0 Å². The van der Waals surface area contributed by atoms with Crippen molar-refractivity contribution < 1.29 is 0 Å². The minimum Gasteiger partial charge on any atom is -0.0683 e. The third-order valence-electron chi connectivity index (χ3n) is 6.50. The van der Waals surface area contributed by atoms with Crippen LogP contribution < -0.4 is 0 Å². The average Bonchev–Trinajstić information content (AvgIpc) is 3.11. The molecule has 0 fully saturated rings. The summed E-state index contributed by atoms with van der Waals surface area (Å²) in [7, 11) is 0. The van der Waals surface area contributed by atoms with Gasteiger partial charge in [0.2, 0.25) is 0 Å². The Labute approximate surface area is 178 Å². The molecule has 0 nitrogen and oxygen atoms in total. The molecule has 0 amide bonds. The lowest BCUT2D eigenvalue weighted by molar-refractivity contribution is 0.407. The van der Waals surface area contributed by atoms with Crippen LogP contribution in [-0.4, -0.2) is 0 Å². The molecule has 0 bridgehead atoms. The zero-order valence-corrected chi connectivity index (χ0v) is 18.5. The van der Waals surface area contributed by atoms with Gasteiger partial charge in [-0.05, 0) is 65.2 Å². The van der Waals surface area contributed by atoms with Crippen LogP contribution in [-0.2, 0) is 6.42 Å². The molecule has 4 rings (SSSR count). The predicted molar refractivity (Wildman–Crippen MR) is 127 cm³/mol. The maximum Gasteiger partial charge on any atom is -0.0125 e. The highest BCUT2D eigenvalue weighted by atomic mass is 14.4. The largest absolute Gasteiger partial charge is 0.0683 e. The van der Waals surface area contributed by atoms with Gasteiger partial charge in [0.15, 0.2) is 0 Å². The molecule has 4 unspecified atom stereocenters. The minimum atomic E-state index is 0.573. The fourth-order valence-corrected chi connectivity index (χ4v) is 4.98. The molecule has 0 saturated carbocycles. The van der Waals surface area contributed by atoms with E-state index in [9.17, 15) is 0 Å². The summed E-state index contributed by atoms with van der Waals surface area (Å²) < 4.78 is 0. The molecule has 1 aliphatic rings. The first kappa shape index (κ1) is 21.4. The Hall–Kier alpha value is -2.34. The maximum atomic E-state index is 2.44. The molecule has 3 aromatic carbocycles. The highest BCUT2D eigenvalue weighted by Crippen LogP contribution is 2.45. The van der Waals surface area contributed by atoms with E-state index in [1.807, 2.05) is 13.8 Å². The van der Waals surface area contributed by atoms with Gasteiger partial charge in [0.05, 0.1) is 0 Å². The Balaban J connectivity index is 0.00000117. The molecule has 4 atom stereocenters. The zero-order chi connectivity index (χ0) is 20.6. The second-order valence-corrected chi connectivity index (χ2v) is 8.38. The highest BCUT2D eigenvalue weighted by Gasteiger charge is 2.31. The number of benzene rings is 3. The monoisotopic (exact) mass is 384 g/mol. The molecule has 3 aromatic rings. The predicted octanol–water partition coefficient (Wildman–Crippen LogP) is 8.36. The van der Waals surface area contributed by atoms with Crippen LogP contribution in [0.3, 0.4) is 0 Å². The van der Waals surface area contributed by atoms with Crippen molar-refractivity contribution >= 4 is 0 Å². The fourth-order valence-electron chi connectivity index (χ4n) is 4.98. The van der Waals surface area contributed by atoms with Crippen LogP contribution in [0.5, 0.6) is 0 Å². The van der Waals surface area contributed by atoms with Gasteiger partial charge in [0, 0.05) is 0 Å². The lowest BCUT2D eigenvalue weighted by Gasteiger charge is -2.27. The minimum absolute atomic E-state index is 0.573. The SMILES string of the molecule is CC.CC(CC(CC1c2ccccc2CC1C)c1ccccc1)c1ccccc1. The first-order chi connectivity index (χ1) is 14.2. The van der Waals surface area contributed by atoms with Crippen molar-refractivity contribution in [1.82, 2.24) is 0 Å². The molecule has 0 aliphatic heterocycles. The standard InChI is InChI=1S/C27H30.C2H6/c1-20(22-11-5-3-6-12-22)17-25(23-13-7-4-8-14-23)19-27-21(2)18-24-15-9-10-16-26(24)27;1-2/h3-16,20-21,25,27H,17-19H2,1-2H3;1-2H3. The van der Waals surface area contributed by atoms with E-state index in [-0.39, 0.29) is 0 Å². The van der Waals surface area contributed by atoms with Gasteiger partial charge in [-0.1, -0.05) is 113 Å². The first-order valence-corrected chi connectivity index (χ1v) is 11.4. The van der Waals surface area contributed by atoms with Crippen LogP contribution in [0.15, 0.2) is 84.9 Å². The lowest BCUT2D eigenvalue weighted by Crippen LogP contribution is -2.12. The molecule has 0 heterocycles. The molecule has 0 radical (unpaired) electrons. The van der Waals surface area contributed by atoms with Crippen molar-refractivity contribution in [2.24, 2.45) is 5.92 Å². The fraction of sp³-hybridized carbons (Fsp3) is 0.379. The van der Waals surface area contributed by atoms with Crippen molar-refractivity contribution in [1.29, 1.82) is 0 Å². The quantitative estimate of drug-likeness (QED) is 0.400. The Morgan fingerprint density at radius 2 is 1.31 bits per heavy atom. The highest BCUT2D eigenvalue weighted by molar-refractivity contribution is 5.37. The summed E-state index contributed by atoms with van der Waals surface area (Å²) in [4.78, 5) is 0. The van der Waals surface area contributed by atoms with E-state index in [2.05, 4.69) is 98.8 Å². The Morgan fingerprint density at radius 1 is 0.759 bits per heavy atom. The van der Waals surface area contributed by atoms with Crippen LogP contribution in [0.1, 0.15) is 80.5 Å². The van der Waals surface area contributed by atoms with Gasteiger partial charge in [-0.2, -0.15) is 0 Å². The molecular weight excluding hydrogens is 348 g/mol. The second kappa shape index (κ2) is 10.4. The lowest BCUT2D eigenvalue weighted by atomic mass is 9.77. The third-order valence-corrected chi connectivity index (χ3v) is 6.50. The molecule has 0 spiro atoms. The van der Waals surface area contributed by atoms with E-state index in [0.29, 0.717) is 17.8 Å². The summed E-state index contributed by atoms with van der Waals surface area (Å²) in [6, 6.07) is 31.3. The van der Waals surface area contributed by atoms with Gasteiger partial charge in [0.1, 0.15) is 0 Å². The first-order valence-electron chi connectivity index (χ1n) is 11.4. The topological polar surface area (TPSA) is 0 Å². The van der Waals surface area contributed by atoms with Crippen LogP contribution in [0.25, 0.3) is 0 Å². The smallest absolute Gasteiger partial charge is 0.0125 e. The average molecular weight is 385 g/mol. The van der Waals surface area contributed by atoms with Crippen LogP contribution in [0, 0.1) is 5.92 Å². The summed E-state index contributed by atoms with van der Waals surface area (Å²) in [5.74, 6) is 2.58. The Morgan fingerprint density at radius 3 is 1.97 bits per heavy atom. The van der Waals surface area contributed by atoms with E-state index in [4.69, 9.17) is 0 Å². The van der Waals surface area contributed by atoms with E-state index >= 15 is 0 Å². The Kier molecular flexibility index (Phi) is 7.69. The number of fused-ring (bicyclic) bond motifs is 1. The molecule has 0 N–H and O–H groups in total. The number of rotatable bonds is 6. The molecule has 0 heteroatoms. The van der Waals surface area contributed by atoms with E-state index in [1.54, 1.807) is 11.1 Å². The van der Waals surface area contributed by atoms with Crippen molar-refractivity contribution in [2.75, 3.05) is 0 Å². The van der Waals surface area contributed by atoms with Gasteiger partial charge in [-0.3, -0.25) is 0 Å². The van der Waals surface area contributed by atoms with Gasteiger partial charge in [-0.25, -0.2) is 0 Å². The van der Waals surface area contributed by atoms with Gasteiger partial charge in [-0.15, -0.1) is 0 Å². The zero-order valence-electron chi connectivity index (χ0n) is 18.5. The van der Waals surface area contributed by atoms with E-state index < -0.39 is 0 Å². The molecule has 0 aromatic heterocycles. The molecule has 29 heavy (non-hydrogen) atoms. The molecule has 1 aliphatic carbocycles. The summed E-state index contributed by atoms with van der Waals surface area (Å²) in [5, 5.41) is 0. The molecule has 152 valence electrons. The summed E-state index contributed by atoms with van der Waals surface area (Å²) in [6.07, 6.45) is 3.69. The van der Waals surface area contributed by atoms with E-state index in [1.165, 1.54) is 30.4 Å². The van der Waals surface area contributed by atoms with Crippen molar-refractivity contribution in [3.8, 4) is 0 Å². The number of hydrogen-bond donors (Lipinski definition) is 0. The van der Waals surface area contributed by atoms with Gasteiger partial charge >= 0.3 is 0 Å². The third kappa shape index (κ3) is 5.18. The van der Waals surface area contributed by atoms with Gasteiger partial charge < -0.3 is 0 Å². The summed E-state index contributed by atoms with van der Waals surface area (Å²) >= 11 is 0. The summed E-state index contributed by atoms with van der Waals surface area (Å²) in [6.45, 7) is 8.82. The van der Waals surface area contributed by atoms with Gasteiger partial charge in [0.25, 0.3) is 0 Å². The number of hydrogen-bond acceptors (Lipinski definition) is 0. The molecular formula is C29H36. The van der Waals surface area contributed by atoms with Crippen LogP contribution >= 0.6 is 0 Å². The van der Waals surface area contributed by atoms with E-state index in [0.717, 1.165) is 5.92 Å². The summed E-state index contributed by atoms with van der Waals surface area (Å²) in [5.41, 5.74) is 6.12. The second-order valence-electron chi connectivity index (χ2n) is 8.38. The maximum absolute atomic E-state index is 2.44. The normalized spacial score (nSPS) is 19.6. The van der Waals surface area contributed by atoms with Crippen LogP contribution in [0.2, 0.25) is 0 Å².